The number of phenols is 2. The highest BCUT2D eigenvalue weighted by atomic mass is 79.9. The summed E-state index contributed by atoms with van der Waals surface area (Å²) in [6.07, 6.45) is 1.56. The number of para-hydroxylation sites is 1. The number of rotatable bonds is 5. The number of hydrogen-bond acceptors (Lipinski definition) is 3. The zero-order valence-corrected chi connectivity index (χ0v) is 12.1. The number of phenolic OH excluding ortho intramolecular Hbond substituents is 2. The summed E-state index contributed by atoms with van der Waals surface area (Å²) < 4.78 is 0. The van der Waals surface area contributed by atoms with Crippen LogP contribution < -0.4 is 5.32 Å². The van der Waals surface area contributed by atoms with E-state index in [2.05, 4.69) is 21.2 Å². The fourth-order valence-corrected chi connectivity index (χ4v) is 2.61. The molecule has 0 aromatic heterocycles. The van der Waals surface area contributed by atoms with E-state index in [0.29, 0.717) is 5.33 Å². The summed E-state index contributed by atoms with van der Waals surface area (Å²) in [4.78, 5) is 12.1. The molecule has 100 valence electrons. The van der Waals surface area contributed by atoms with Crippen LogP contribution in [0.5, 0.6) is 11.5 Å². The molecule has 0 aliphatic rings. The first-order valence-electron chi connectivity index (χ1n) is 5.89. The predicted octanol–water partition coefficient (Wildman–Crippen LogP) is 2.78. The molecule has 1 aromatic rings. The normalized spacial score (nSPS) is 11.3. The van der Waals surface area contributed by atoms with E-state index in [-0.39, 0.29) is 28.5 Å². The molecular weight excluding hydrogens is 298 g/mol. The Kier molecular flexibility index (Phi) is 5.02. The van der Waals surface area contributed by atoms with Crippen LogP contribution in [0.25, 0.3) is 0 Å². The zero-order valence-electron chi connectivity index (χ0n) is 10.5. The van der Waals surface area contributed by atoms with Gasteiger partial charge in [-0.3, -0.25) is 4.79 Å². The fourth-order valence-electron chi connectivity index (χ4n) is 1.67. The first-order chi connectivity index (χ1) is 8.49. The summed E-state index contributed by atoms with van der Waals surface area (Å²) in [7, 11) is 0. The van der Waals surface area contributed by atoms with Crippen molar-refractivity contribution in [1.29, 1.82) is 0 Å². The predicted molar refractivity (Wildman–Crippen MR) is 74.3 cm³/mol. The first kappa shape index (κ1) is 14.8. The van der Waals surface area contributed by atoms with Gasteiger partial charge < -0.3 is 15.5 Å². The smallest absolute Gasteiger partial charge is 0.255 e. The minimum absolute atomic E-state index is 0.0854. The van der Waals surface area contributed by atoms with Crippen LogP contribution in [0, 0.1) is 0 Å². The standard InChI is InChI=1S/C13H18BrNO3/c1-3-13(4-2,8-14)15-12(18)9-6-5-7-10(16)11(9)17/h5-7,16-17H,3-4,8H2,1-2H3,(H,15,18). The largest absolute Gasteiger partial charge is 0.504 e. The lowest BCUT2D eigenvalue weighted by molar-refractivity contribution is 0.0900. The van der Waals surface area contributed by atoms with E-state index in [0.717, 1.165) is 12.8 Å². The van der Waals surface area contributed by atoms with Gasteiger partial charge in [0.25, 0.3) is 5.91 Å². The van der Waals surface area contributed by atoms with Crippen LogP contribution in [0.15, 0.2) is 18.2 Å². The van der Waals surface area contributed by atoms with Gasteiger partial charge in [-0.05, 0) is 25.0 Å². The third kappa shape index (κ3) is 2.96. The van der Waals surface area contributed by atoms with E-state index in [1.807, 2.05) is 13.8 Å². The molecule has 3 N–H and O–H groups in total. The molecule has 0 unspecified atom stereocenters. The Morgan fingerprint density at radius 3 is 2.44 bits per heavy atom. The molecule has 0 atom stereocenters. The lowest BCUT2D eigenvalue weighted by Gasteiger charge is -2.31. The summed E-state index contributed by atoms with van der Waals surface area (Å²) in [6, 6.07) is 4.34. The SMILES string of the molecule is CCC(CC)(CBr)NC(=O)c1cccc(O)c1O. The molecule has 0 saturated heterocycles. The lowest BCUT2D eigenvalue weighted by Crippen LogP contribution is -2.49. The number of carbonyl (C=O) groups excluding carboxylic acids is 1. The van der Waals surface area contributed by atoms with Gasteiger partial charge in [0, 0.05) is 10.9 Å². The van der Waals surface area contributed by atoms with Crippen LogP contribution in [-0.2, 0) is 0 Å². The van der Waals surface area contributed by atoms with Gasteiger partial charge >= 0.3 is 0 Å². The number of aromatic hydroxyl groups is 2. The van der Waals surface area contributed by atoms with Crippen molar-refractivity contribution in [3.63, 3.8) is 0 Å². The van der Waals surface area contributed by atoms with Crippen molar-refractivity contribution < 1.29 is 15.0 Å². The molecule has 1 rings (SSSR count). The van der Waals surface area contributed by atoms with Gasteiger partial charge in [-0.1, -0.05) is 35.8 Å². The second kappa shape index (κ2) is 6.09. The van der Waals surface area contributed by atoms with Gasteiger partial charge in [0.2, 0.25) is 0 Å². The third-order valence-electron chi connectivity index (χ3n) is 3.25. The van der Waals surface area contributed by atoms with Gasteiger partial charge in [0.1, 0.15) is 0 Å². The Morgan fingerprint density at radius 2 is 1.94 bits per heavy atom. The molecule has 4 nitrogen and oxygen atoms in total. The number of halogens is 1. The summed E-state index contributed by atoms with van der Waals surface area (Å²) in [6.45, 7) is 3.99. The molecule has 18 heavy (non-hydrogen) atoms. The van der Waals surface area contributed by atoms with Crippen LogP contribution >= 0.6 is 15.9 Å². The maximum absolute atomic E-state index is 12.1. The fraction of sp³-hybridized carbons (Fsp3) is 0.462. The molecule has 0 heterocycles. The average Bonchev–Trinajstić information content (AvgIpc) is 2.39. The van der Waals surface area contributed by atoms with Crippen molar-refractivity contribution in [1.82, 2.24) is 5.32 Å². The molecule has 0 bridgehead atoms. The van der Waals surface area contributed by atoms with Gasteiger partial charge in [0.15, 0.2) is 11.5 Å². The molecule has 0 saturated carbocycles. The third-order valence-corrected chi connectivity index (χ3v) is 4.32. The number of nitrogens with one attached hydrogen (secondary N) is 1. The summed E-state index contributed by atoms with van der Waals surface area (Å²) >= 11 is 3.40. The second-order valence-corrected chi connectivity index (χ2v) is 4.81. The number of carbonyl (C=O) groups is 1. The van der Waals surface area contributed by atoms with Gasteiger partial charge in [-0.15, -0.1) is 0 Å². The Hall–Kier alpha value is -1.23. The van der Waals surface area contributed by atoms with E-state index in [4.69, 9.17) is 0 Å². The monoisotopic (exact) mass is 315 g/mol. The van der Waals surface area contributed by atoms with Gasteiger partial charge in [-0.25, -0.2) is 0 Å². The van der Waals surface area contributed by atoms with Gasteiger partial charge in [-0.2, -0.15) is 0 Å². The van der Waals surface area contributed by atoms with Crippen LogP contribution in [0.1, 0.15) is 37.0 Å². The zero-order chi connectivity index (χ0) is 13.8. The Bertz CT molecular complexity index is 422. The number of benzene rings is 1. The first-order valence-corrected chi connectivity index (χ1v) is 7.01. The van der Waals surface area contributed by atoms with Crippen molar-refractivity contribution in [2.24, 2.45) is 0 Å². The molecule has 0 aliphatic heterocycles. The number of amides is 1. The van der Waals surface area contributed by atoms with E-state index in [1.165, 1.54) is 18.2 Å². The quantitative estimate of drug-likeness (QED) is 0.578. The molecule has 0 aliphatic carbocycles. The molecule has 1 amide bonds. The topological polar surface area (TPSA) is 69.6 Å². The minimum atomic E-state index is -0.384. The highest BCUT2D eigenvalue weighted by Gasteiger charge is 2.28. The number of alkyl halides is 1. The highest BCUT2D eigenvalue weighted by molar-refractivity contribution is 9.09. The van der Waals surface area contributed by atoms with E-state index < -0.39 is 0 Å². The molecule has 1 aromatic carbocycles. The van der Waals surface area contributed by atoms with E-state index in [1.54, 1.807) is 0 Å². The van der Waals surface area contributed by atoms with Crippen LogP contribution in [0.3, 0.4) is 0 Å². The average molecular weight is 316 g/mol. The van der Waals surface area contributed by atoms with Crippen LogP contribution in [-0.4, -0.2) is 27.0 Å². The van der Waals surface area contributed by atoms with Crippen molar-refractivity contribution in [2.75, 3.05) is 5.33 Å². The molecule has 5 heteroatoms. The molecule has 0 spiro atoms. The van der Waals surface area contributed by atoms with Gasteiger partial charge in [0.05, 0.1) is 5.56 Å². The summed E-state index contributed by atoms with van der Waals surface area (Å²) in [5, 5.41) is 22.6. The van der Waals surface area contributed by atoms with Crippen LogP contribution in [0.4, 0.5) is 0 Å². The Balaban J connectivity index is 2.98. The highest BCUT2D eigenvalue weighted by Crippen LogP contribution is 2.29. The van der Waals surface area contributed by atoms with Crippen molar-refractivity contribution >= 4 is 21.8 Å². The molecule has 0 radical (unpaired) electrons. The number of hydrogen-bond donors (Lipinski definition) is 3. The minimum Gasteiger partial charge on any atom is -0.504 e. The van der Waals surface area contributed by atoms with E-state index >= 15 is 0 Å². The summed E-state index contributed by atoms with van der Waals surface area (Å²) in [5.41, 5.74) is -0.253. The maximum atomic E-state index is 12.1. The van der Waals surface area contributed by atoms with Crippen LogP contribution in [0.2, 0.25) is 0 Å². The van der Waals surface area contributed by atoms with Crippen molar-refractivity contribution in [3.8, 4) is 11.5 Å². The Labute approximate surface area is 115 Å². The molecular formula is C13H18BrNO3. The Morgan fingerprint density at radius 1 is 1.33 bits per heavy atom. The maximum Gasteiger partial charge on any atom is 0.255 e. The molecule has 0 fully saturated rings. The van der Waals surface area contributed by atoms with Crippen molar-refractivity contribution in [2.45, 2.75) is 32.2 Å². The van der Waals surface area contributed by atoms with E-state index in [9.17, 15) is 15.0 Å². The lowest BCUT2D eigenvalue weighted by atomic mass is 9.95. The summed E-state index contributed by atoms with van der Waals surface area (Å²) in [5.74, 6) is -1.06. The van der Waals surface area contributed by atoms with Crippen molar-refractivity contribution in [3.05, 3.63) is 23.8 Å². The second-order valence-electron chi connectivity index (χ2n) is 4.25.